The van der Waals surface area contributed by atoms with E-state index in [1.54, 1.807) is 6.20 Å². The van der Waals surface area contributed by atoms with Crippen LogP contribution < -0.4 is 10.7 Å². The third kappa shape index (κ3) is 2.27. The van der Waals surface area contributed by atoms with Gasteiger partial charge in [-0.05, 0) is 43.7 Å². The molecular weight excluding hydrogens is 298 g/mol. The number of thiophene rings is 1. The lowest BCUT2D eigenvalue weighted by molar-refractivity contribution is 0.0846. The van der Waals surface area contributed by atoms with Crippen LogP contribution in [0.25, 0.3) is 10.2 Å². The first-order chi connectivity index (χ1) is 10.7. The van der Waals surface area contributed by atoms with E-state index in [0.29, 0.717) is 4.70 Å². The fourth-order valence-corrected chi connectivity index (χ4v) is 4.51. The van der Waals surface area contributed by atoms with Gasteiger partial charge in [0.25, 0.3) is 5.91 Å². The Balaban J connectivity index is 1.63. The van der Waals surface area contributed by atoms with Gasteiger partial charge in [-0.1, -0.05) is 0 Å². The molecule has 3 saturated heterocycles. The maximum absolute atomic E-state index is 12.7. The van der Waals surface area contributed by atoms with Gasteiger partial charge in [-0.25, -0.2) is 0 Å². The molecule has 3 aliphatic heterocycles. The van der Waals surface area contributed by atoms with Gasteiger partial charge < -0.3 is 15.2 Å². The van der Waals surface area contributed by atoms with Gasteiger partial charge in [-0.15, -0.1) is 11.3 Å². The molecule has 1 amide bonds. The Hall–Kier alpha value is -1.66. The minimum Gasteiger partial charge on any atom is -0.359 e. The van der Waals surface area contributed by atoms with Crippen LogP contribution in [-0.2, 0) is 0 Å². The predicted molar refractivity (Wildman–Crippen MR) is 87.6 cm³/mol. The minimum absolute atomic E-state index is 0.124. The van der Waals surface area contributed by atoms with Crippen molar-refractivity contribution in [2.45, 2.75) is 31.2 Å². The number of fused-ring (bicyclic) bond motifs is 5. The Morgan fingerprint density at radius 2 is 2.09 bits per heavy atom. The summed E-state index contributed by atoms with van der Waals surface area (Å²) in [5.41, 5.74) is 0.744. The largest absolute Gasteiger partial charge is 0.359 e. The molecule has 2 aromatic heterocycles. The second-order valence-corrected chi connectivity index (χ2v) is 7.29. The molecule has 2 aromatic rings. The second-order valence-electron chi connectivity index (χ2n) is 6.37. The molecule has 5 nitrogen and oxygen atoms in total. The first kappa shape index (κ1) is 14.0. The molecule has 0 spiro atoms. The summed E-state index contributed by atoms with van der Waals surface area (Å²) < 4.78 is 0.626. The van der Waals surface area contributed by atoms with Crippen LogP contribution in [-0.4, -0.2) is 41.0 Å². The molecule has 0 radical (unpaired) electrons. The maximum Gasteiger partial charge on any atom is 0.257 e. The number of nitrogens with zero attached hydrogens (tertiary/aromatic N) is 1. The monoisotopic (exact) mass is 317 g/mol. The molecule has 2 bridgehead atoms. The van der Waals surface area contributed by atoms with Crippen molar-refractivity contribution >= 4 is 27.5 Å². The lowest BCUT2D eigenvalue weighted by Crippen LogP contribution is -2.53. The molecule has 0 atom stereocenters. The highest BCUT2D eigenvalue weighted by atomic mass is 32.1. The first-order valence-electron chi connectivity index (χ1n) is 7.81. The van der Waals surface area contributed by atoms with E-state index in [0.717, 1.165) is 50.8 Å². The summed E-state index contributed by atoms with van der Waals surface area (Å²) in [6, 6.07) is 1.86. The number of carbonyl (C=O) groups is 1. The standard InChI is InChI=1S/C16H19N3O2S/c20-13-11(10-17-12-2-9-22-14(12)13)15(21)18-16-3-1-6-19(7-4-16)8-5-16/h2,9-10H,1,3-8H2,(H,17,20)(H,18,21). The van der Waals surface area contributed by atoms with E-state index >= 15 is 0 Å². The summed E-state index contributed by atoms with van der Waals surface area (Å²) in [7, 11) is 0. The zero-order valence-electron chi connectivity index (χ0n) is 12.4. The molecule has 0 aliphatic carbocycles. The van der Waals surface area contributed by atoms with Crippen LogP contribution in [0, 0.1) is 0 Å². The molecule has 0 saturated carbocycles. The van der Waals surface area contributed by atoms with Crippen LogP contribution in [0.15, 0.2) is 22.4 Å². The quantitative estimate of drug-likeness (QED) is 0.890. The van der Waals surface area contributed by atoms with Crippen LogP contribution >= 0.6 is 11.3 Å². The zero-order valence-corrected chi connectivity index (χ0v) is 13.2. The van der Waals surface area contributed by atoms with Crippen molar-refractivity contribution in [3.05, 3.63) is 33.4 Å². The molecule has 2 N–H and O–H groups in total. The van der Waals surface area contributed by atoms with Crippen molar-refractivity contribution in [1.82, 2.24) is 15.2 Å². The second kappa shape index (κ2) is 5.21. The number of hydrogen-bond donors (Lipinski definition) is 2. The van der Waals surface area contributed by atoms with Crippen molar-refractivity contribution in [3.8, 4) is 0 Å². The first-order valence-corrected chi connectivity index (χ1v) is 8.69. The fraction of sp³-hybridized carbons (Fsp3) is 0.500. The zero-order chi connectivity index (χ0) is 15.2. The summed E-state index contributed by atoms with van der Waals surface area (Å²) >= 11 is 1.38. The molecular formula is C16H19N3O2S. The molecule has 0 aromatic carbocycles. The Morgan fingerprint density at radius 3 is 2.91 bits per heavy atom. The number of hydrogen-bond acceptors (Lipinski definition) is 4. The summed E-state index contributed by atoms with van der Waals surface area (Å²) in [6.45, 7) is 3.21. The van der Waals surface area contributed by atoms with Crippen molar-refractivity contribution in [1.29, 1.82) is 0 Å². The van der Waals surface area contributed by atoms with Crippen LogP contribution in [0.2, 0.25) is 0 Å². The minimum atomic E-state index is -0.230. The lowest BCUT2D eigenvalue weighted by Gasteiger charge is -2.38. The highest BCUT2D eigenvalue weighted by Crippen LogP contribution is 2.31. The van der Waals surface area contributed by atoms with Crippen LogP contribution in [0.3, 0.4) is 0 Å². The van der Waals surface area contributed by atoms with Gasteiger partial charge in [0.2, 0.25) is 5.43 Å². The molecule has 0 unspecified atom stereocenters. The summed E-state index contributed by atoms with van der Waals surface area (Å²) in [6.07, 6.45) is 5.64. The van der Waals surface area contributed by atoms with Crippen LogP contribution in [0.5, 0.6) is 0 Å². The SMILES string of the molecule is O=C(NC12CCCN(CC1)CC2)c1c[nH]c2ccsc2c1=O. The van der Waals surface area contributed by atoms with Crippen molar-refractivity contribution in [2.24, 2.45) is 0 Å². The van der Waals surface area contributed by atoms with Gasteiger partial charge in [0, 0.05) is 24.8 Å². The molecule has 3 fully saturated rings. The van der Waals surface area contributed by atoms with E-state index in [-0.39, 0.29) is 22.4 Å². The molecule has 6 heteroatoms. The van der Waals surface area contributed by atoms with Gasteiger partial charge in [-0.3, -0.25) is 9.59 Å². The Labute approximate surface area is 132 Å². The number of aromatic amines is 1. The number of amides is 1. The fourth-order valence-electron chi connectivity index (χ4n) is 3.70. The summed E-state index contributed by atoms with van der Waals surface area (Å²) in [5.74, 6) is -0.230. The van der Waals surface area contributed by atoms with Gasteiger partial charge in [0.15, 0.2) is 0 Å². The summed E-state index contributed by atoms with van der Waals surface area (Å²) in [5, 5.41) is 5.06. The van der Waals surface area contributed by atoms with Crippen molar-refractivity contribution in [2.75, 3.05) is 19.6 Å². The maximum atomic E-state index is 12.7. The smallest absolute Gasteiger partial charge is 0.257 e. The van der Waals surface area contributed by atoms with Crippen molar-refractivity contribution < 1.29 is 4.79 Å². The Morgan fingerprint density at radius 1 is 1.27 bits per heavy atom. The van der Waals surface area contributed by atoms with E-state index in [4.69, 9.17) is 0 Å². The number of rotatable bonds is 2. The number of carbonyl (C=O) groups excluding carboxylic acids is 1. The molecule has 5 rings (SSSR count). The average Bonchev–Trinajstić information content (AvgIpc) is 2.81. The van der Waals surface area contributed by atoms with E-state index in [2.05, 4.69) is 15.2 Å². The van der Waals surface area contributed by atoms with E-state index in [9.17, 15) is 9.59 Å². The third-order valence-corrected chi connectivity index (χ3v) is 5.97. The van der Waals surface area contributed by atoms with E-state index in [1.807, 2.05) is 11.4 Å². The highest BCUT2D eigenvalue weighted by molar-refractivity contribution is 7.17. The third-order valence-electron chi connectivity index (χ3n) is 5.05. The Kier molecular flexibility index (Phi) is 3.31. The molecule has 3 aliphatic rings. The van der Waals surface area contributed by atoms with E-state index < -0.39 is 0 Å². The number of piperidine rings is 1. The molecule has 116 valence electrons. The van der Waals surface area contributed by atoms with Gasteiger partial charge >= 0.3 is 0 Å². The topological polar surface area (TPSA) is 65.2 Å². The van der Waals surface area contributed by atoms with Crippen LogP contribution in [0.4, 0.5) is 0 Å². The van der Waals surface area contributed by atoms with Gasteiger partial charge in [0.1, 0.15) is 5.56 Å². The number of aromatic nitrogens is 1. The van der Waals surface area contributed by atoms with Crippen LogP contribution in [0.1, 0.15) is 36.0 Å². The molecule has 5 heterocycles. The number of H-pyrrole nitrogens is 1. The van der Waals surface area contributed by atoms with Crippen molar-refractivity contribution in [3.63, 3.8) is 0 Å². The molecule has 22 heavy (non-hydrogen) atoms. The average molecular weight is 317 g/mol. The Bertz CT molecular complexity index is 766. The number of nitrogens with one attached hydrogen (secondary N) is 2. The highest BCUT2D eigenvalue weighted by Gasteiger charge is 2.38. The predicted octanol–water partition coefficient (Wildman–Crippen LogP) is 1.95. The summed E-state index contributed by atoms with van der Waals surface area (Å²) in [4.78, 5) is 30.6. The normalized spacial score (nSPS) is 27.7. The van der Waals surface area contributed by atoms with Gasteiger partial charge in [0.05, 0.1) is 10.2 Å². The number of pyridine rings is 1. The lowest BCUT2D eigenvalue weighted by atomic mass is 9.85. The van der Waals surface area contributed by atoms with E-state index in [1.165, 1.54) is 11.3 Å². The van der Waals surface area contributed by atoms with Gasteiger partial charge in [-0.2, -0.15) is 0 Å².